The molecule has 0 saturated carbocycles. The van der Waals surface area contributed by atoms with Gasteiger partial charge < -0.3 is 19.3 Å². The van der Waals surface area contributed by atoms with E-state index in [1.165, 1.54) is 30.3 Å². The lowest BCUT2D eigenvalue weighted by atomic mass is 10.1. The second-order valence-corrected chi connectivity index (χ2v) is 9.16. The molecular weight excluding hydrogens is 444 g/mol. The predicted molar refractivity (Wildman–Crippen MR) is 123 cm³/mol. The van der Waals surface area contributed by atoms with Crippen molar-refractivity contribution in [3.63, 3.8) is 0 Å². The SMILES string of the molecule is CCCOc1ccc(Oc2ccc(S(=O)(=O)c3cc(CC(=O)O)cc(OCC)c3)cc2)cc1. The van der Waals surface area contributed by atoms with E-state index in [1.807, 2.05) is 19.1 Å². The molecule has 33 heavy (non-hydrogen) atoms. The number of rotatable bonds is 11. The van der Waals surface area contributed by atoms with Crippen LogP contribution in [0.5, 0.6) is 23.0 Å². The van der Waals surface area contributed by atoms with Crippen LogP contribution in [0.1, 0.15) is 25.8 Å². The molecule has 3 aromatic carbocycles. The molecule has 0 aliphatic rings. The molecule has 0 unspecified atom stereocenters. The van der Waals surface area contributed by atoms with Crippen LogP contribution >= 0.6 is 0 Å². The van der Waals surface area contributed by atoms with Crippen LogP contribution in [0.3, 0.4) is 0 Å². The Bertz CT molecular complexity index is 1180. The van der Waals surface area contributed by atoms with Gasteiger partial charge in [-0.15, -0.1) is 0 Å². The van der Waals surface area contributed by atoms with Crippen LogP contribution in [0, 0.1) is 0 Å². The van der Waals surface area contributed by atoms with E-state index in [0.717, 1.165) is 12.2 Å². The summed E-state index contributed by atoms with van der Waals surface area (Å²) < 4.78 is 43.1. The van der Waals surface area contributed by atoms with E-state index in [2.05, 4.69) is 0 Å². The zero-order valence-corrected chi connectivity index (χ0v) is 19.3. The highest BCUT2D eigenvalue weighted by Crippen LogP contribution is 2.29. The Hall–Kier alpha value is -3.52. The highest BCUT2D eigenvalue weighted by Gasteiger charge is 2.20. The molecular formula is C25H26O7S. The van der Waals surface area contributed by atoms with Crippen LogP contribution in [0.2, 0.25) is 0 Å². The van der Waals surface area contributed by atoms with Crippen LogP contribution in [-0.2, 0) is 21.1 Å². The fourth-order valence-corrected chi connectivity index (χ4v) is 4.44. The number of sulfone groups is 1. The lowest BCUT2D eigenvalue weighted by Gasteiger charge is -2.11. The average molecular weight is 471 g/mol. The number of carbonyl (C=O) groups is 1. The highest BCUT2D eigenvalue weighted by molar-refractivity contribution is 7.91. The molecule has 0 radical (unpaired) electrons. The number of carboxylic acid groups (broad SMARTS) is 1. The summed E-state index contributed by atoms with van der Waals surface area (Å²) in [6.45, 7) is 4.77. The van der Waals surface area contributed by atoms with E-state index < -0.39 is 15.8 Å². The molecule has 1 N–H and O–H groups in total. The lowest BCUT2D eigenvalue weighted by molar-refractivity contribution is -0.136. The fourth-order valence-electron chi connectivity index (χ4n) is 3.10. The van der Waals surface area contributed by atoms with Gasteiger partial charge in [-0.05, 0) is 85.6 Å². The molecule has 0 aliphatic heterocycles. The quantitative estimate of drug-likeness (QED) is 0.415. The number of benzene rings is 3. The van der Waals surface area contributed by atoms with E-state index in [4.69, 9.17) is 19.3 Å². The molecule has 7 nitrogen and oxygen atoms in total. The first-order valence-electron chi connectivity index (χ1n) is 10.6. The van der Waals surface area contributed by atoms with Gasteiger partial charge in [-0.25, -0.2) is 8.42 Å². The summed E-state index contributed by atoms with van der Waals surface area (Å²) >= 11 is 0. The predicted octanol–water partition coefficient (Wildman–Crippen LogP) is 5.13. The molecule has 0 amide bonds. The van der Waals surface area contributed by atoms with E-state index in [9.17, 15) is 13.2 Å². The largest absolute Gasteiger partial charge is 0.494 e. The zero-order valence-electron chi connectivity index (χ0n) is 18.5. The molecule has 0 bridgehead atoms. The van der Waals surface area contributed by atoms with Crippen molar-refractivity contribution < 1.29 is 32.5 Å². The van der Waals surface area contributed by atoms with Gasteiger partial charge in [-0.2, -0.15) is 0 Å². The van der Waals surface area contributed by atoms with Crippen molar-refractivity contribution >= 4 is 15.8 Å². The van der Waals surface area contributed by atoms with Gasteiger partial charge in [0.05, 0.1) is 29.4 Å². The third kappa shape index (κ3) is 6.49. The third-order valence-corrected chi connectivity index (χ3v) is 6.33. The van der Waals surface area contributed by atoms with E-state index in [-0.39, 0.29) is 16.2 Å². The second kappa shape index (κ2) is 10.9. The molecule has 0 atom stereocenters. The molecule has 0 aromatic heterocycles. The van der Waals surface area contributed by atoms with Crippen molar-refractivity contribution in [3.05, 3.63) is 72.3 Å². The van der Waals surface area contributed by atoms with Gasteiger partial charge in [-0.3, -0.25) is 4.79 Å². The molecule has 0 aliphatic carbocycles. The molecule has 3 aromatic rings. The van der Waals surface area contributed by atoms with Gasteiger partial charge in [0.15, 0.2) is 0 Å². The first-order valence-corrected chi connectivity index (χ1v) is 12.0. The summed E-state index contributed by atoms with van der Waals surface area (Å²) in [4.78, 5) is 11.1. The van der Waals surface area contributed by atoms with Crippen molar-refractivity contribution in [2.24, 2.45) is 0 Å². The van der Waals surface area contributed by atoms with Crippen LogP contribution in [0.15, 0.2) is 76.5 Å². The monoisotopic (exact) mass is 470 g/mol. The molecule has 3 rings (SSSR count). The van der Waals surface area contributed by atoms with Crippen molar-refractivity contribution in [1.82, 2.24) is 0 Å². The number of aliphatic carboxylic acids is 1. The van der Waals surface area contributed by atoms with Crippen LogP contribution in [-0.4, -0.2) is 32.7 Å². The normalized spacial score (nSPS) is 11.1. The van der Waals surface area contributed by atoms with Crippen LogP contribution in [0.25, 0.3) is 0 Å². The number of carboxylic acids is 1. The Kier molecular flexibility index (Phi) is 7.95. The smallest absolute Gasteiger partial charge is 0.307 e. The minimum Gasteiger partial charge on any atom is -0.494 e. The summed E-state index contributed by atoms with van der Waals surface area (Å²) in [6, 6.07) is 17.5. The maximum absolute atomic E-state index is 13.2. The standard InChI is InChI=1S/C25H26O7S/c1-3-13-31-19-5-7-20(8-6-19)32-21-9-11-23(12-10-21)33(28,29)24-15-18(16-25(26)27)14-22(17-24)30-4-2/h5-12,14-15,17H,3-4,13,16H2,1-2H3,(H,26,27). The Labute approximate surface area is 193 Å². The summed E-state index contributed by atoms with van der Waals surface area (Å²) in [7, 11) is -3.89. The van der Waals surface area contributed by atoms with Crippen molar-refractivity contribution in [2.45, 2.75) is 36.5 Å². The average Bonchev–Trinajstić information content (AvgIpc) is 2.78. The summed E-state index contributed by atoms with van der Waals surface area (Å²) in [5.41, 5.74) is 0.346. The summed E-state index contributed by atoms with van der Waals surface area (Å²) in [6.07, 6.45) is 0.614. The van der Waals surface area contributed by atoms with E-state index in [1.54, 1.807) is 31.2 Å². The maximum atomic E-state index is 13.2. The van der Waals surface area contributed by atoms with Crippen LogP contribution in [0.4, 0.5) is 0 Å². The van der Waals surface area contributed by atoms with Crippen molar-refractivity contribution in [3.8, 4) is 23.0 Å². The maximum Gasteiger partial charge on any atom is 0.307 e. The van der Waals surface area contributed by atoms with Crippen LogP contribution < -0.4 is 14.2 Å². The van der Waals surface area contributed by atoms with Gasteiger partial charge in [0.2, 0.25) is 9.84 Å². The minimum atomic E-state index is -3.89. The van der Waals surface area contributed by atoms with Crippen molar-refractivity contribution in [1.29, 1.82) is 0 Å². The van der Waals surface area contributed by atoms with Crippen molar-refractivity contribution in [2.75, 3.05) is 13.2 Å². The number of hydrogen-bond donors (Lipinski definition) is 1. The first kappa shape index (κ1) is 24.1. The van der Waals surface area contributed by atoms with Gasteiger partial charge in [0.25, 0.3) is 0 Å². The van der Waals surface area contributed by atoms with Gasteiger partial charge in [0.1, 0.15) is 23.0 Å². The number of ether oxygens (including phenoxy) is 3. The fraction of sp³-hybridized carbons (Fsp3) is 0.240. The molecule has 0 spiro atoms. The third-order valence-electron chi connectivity index (χ3n) is 4.58. The Morgan fingerprint density at radius 3 is 1.97 bits per heavy atom. The number of hydrogen-bond acceptors (Lipinski definition) is 6. The Morgan fingerprint density at radius 2 is 1.39 bits per heavy atom. The summed E-state index contributed by atoms with van der Waals surface area (Å²) in [5, 5.41) is 9.09. The second-order valence-electron chi connectivity index (χ2n) is 7.21. The van der Waals surface area contributed by atoms with E-state index in [0.29, 0.717) is 36.0 Å². The topological polar surface area (TPSA) is 99.1 Å². The first-order chi connectivity index (χ1) is 15.8. The Morgan fingerprint density at radius 1 is 0.788 bits per heavy atom. The summed E-state index contributed by atoms with van der Waals surface area (Å²) in [5.74, 6) is 1.07. The van der Waals surface area contributed by atoms with Gasteiger partial charge in [0, 0.05) is 0 Å². The highest BCUT2D eigenvalue weighted by atomic mass is 32.2. The Balaban J connectivity index is 1.80. The van der Waals surface area contributed by atoms with Gasteiger partial charge in [-0.1, -0.05) is 6.92 Å². The van der Waals surface area contributed by atoms with Gasteiger partial charge >= 0.3 is 5.97 Å². The molecule has 0 fully saturated rings. The molecule has 0 heterocycles. The zero-order chi connectivity index (χ0) is 23.8. The lowest BCUT2D eigenvalue weighted by Crippen LogP contribution is -2.06. The van der Waals surface area contributed by atoms with E-state index >= 15 is 0 Å². The molecule has 8 heteroatoms. The molecule has 174 valence electrons. The minimum absolute atomic E-state index is 0.0268. The molecule has 0 saturated heterocycles.